The number of likely N-dealkylation sites (N-methyl/N-ethyl adjacent to an activating group) is 1. The van der Waals surface area contributed by atoms with Crippen molar-refractivity contribution in [2.24, 2.45) is 5.92 Å². The highest BCUT2D eigenvalue weighted by Crippen LogP contribution is 2.11. The van der Waals surface area contributed by atoms with E-state index < -0.39 is 0 Å². The summed E-state index contributed by atoms with van der Waals surface area (Å²) in [5.41, 5.74) is 0.995. The standard InChI is InChI=1S/C16H25FN2O/c1-11(2)8-14(19(4)5)10-18-16(20)13-6-7-15(17)12(3)9-13/h6-7,9,11,14H,8,10H2,1-5H3,(H,18,20). The van der Waals surface area contributed by atoms with Gasteiger partial charge in [0.1, 0.15) is 5.82 Å². The van der Waals surface area contributed by atoms with E-state index in [4.69, 9.17) is 0 Å². The Morgan fingerprint density at radius 2 is 2.00 bits per heavy atom. The molecule has 0 bridgehead atoms. The third-order valence-electron chi connectivity index (χ3n) is 3.39. The van der Waals surface area contributed by atoms with Crippen LogP contribution in [0.2, 0.25) is 0 Å². The summed E-state index contributed by atoms with van der Waals surface area (Å²) in [6.45, 7) is 6.59. The van der Waals surface area contributed by atoms with Crippen molar-refractivity contribution in [1.82, 2.24) is 10.2 Å². The van der Waals surface area contributed by atoms with Crippen molar-refractivity contribution in [2.45, 2.75) is 33.2 Å². The molecule has 0 aliphatic rings. The molecule has 20 heavy (non-hydrogen) atoms. The second-order valence-corrected chi connectivity index (χ2v) is 5.92. The first kappa shape index (κ1) is 16.6. The molecule has 0 saturated heterocycles. The maximum atomic E-state index is 13.2. The van der Waals surface area contributed by atoms with Gasteiger partial charge < -0.3 is 10.2 Å². The lowest BCUT2D eigenvalue weighted by atomic mass is 10.0. The Hall–Kier alpha value is -1.42. The van der Waals surface area contributed by atoms with Gasteiger partial charge in [0, 0.05) is 18.2 Å². The summed E-state index contributed by atoms with van der Waals surface area (Å²) in [4.78, 5) is 14.2. The van der Waals surface area contributed by atoms with Gasteiger partial charge in [0.2, 0.25) is 0 Å². The Kier molecular flexibility index (Phi) is 6.14. The predicted molar refractivity (Wildman–Crippen MR) is 80.4 cm³/mol. The van der Waals surface area contributed by atoms with Gasteiger partial charge in [-0.15, -0.1) is 0 Å². The van der Waals surface area contributed by atoms with Crippen LogP contribution in [0.1, 0.15) is 36.2 Å². The SMILES string of the molecule is Cc1cc(C(=O)NCC(CC(C)C)N(C)C)ccc1F. The molecule has 0 aliphatic heterocycles. The number of nitrogens with zero attached hydrogens (tertiary/aromatic N) is 1. The Balaban J connectivity index is 2.63. The van der Waals surface area contributed by atoms with Crippen LogP contribution in [-0.4, -0.2) is 37.5 Å². The minimum Gasteiger partial charge on any atom is -0.350 e. The highest BCUT2D eigenvalue weighted by molar-refractivity contribution is 5.94. The van der Waals surface area contributed by atoms with E-state index in [1.54, 1.807) is 13.0 Å². The molecule has 0 aliphatic carbocycles. The monoisotopic (exact) mass is 280 g/mol. The number of halogens is 1. The number of hydrogen-bond acceptors (Lipinski definition) is 2. The third-order valence-corrected chi connectivity index (χ3v) is 3.39. The van der Waals surface area contributed by atoms with E-state index in [0.29, 0.717) is 29.6 Å². The first-order valence-electron chi connectivity index (χ1n) is 7.02. The van der Waals surface area contributed by atoms with Crippen LogP contribution >= 0.6 is 0 Å². The molecule has 1 aromatic carbocycles. The molecular formula is C16H25FN2O. The number of carbonyl (C=O) groups excluding carboxylic acids is 1. The largest absolute Gasteiger partial charge is 0.350 e. The molecule has 1 aromatic rings. The molecule has 0 radical (unpaired) electrons. The molecule has 112 valence electrons. The first-order chi connectivity index (χ1) is 9.31. The summed E-state index contributed by atoms with van der Waals surface area (Å²) >= 11 is 0. The summed E-state index contributed by atoms with van der Waals surface area (Å²) < 4.78 is 13.2. The van der Waals surface area contributed by atoms with Crippen molar-refractivity contribution in [3.05, 3.63) is 35.1 Å². The number of carbonyl (C=O) groups is 1. The quantitative estimate of drug-likeness (QED) is 0.869. The highest BCUT2D eigenvalue weighted by atomic mass is 19.1. The number of amides is 1. The summed E-state index contributed by atoms with van der Waals surface area (Å²) in [6, 6.07) is 4.74. The van der Waals surface area contributed by atoms with E-state index in [2.05, 4.69) is 24.1 Å². The lowest BCUT2D eigenvalue weighted by molar-refractivity contribution is 0.0938. The fourth-order valence-electron chi connectivity index (χ4n) is 2.12. The van der Waals surface area contributed by atoms with Gasteiger partial charge in [-0.25, -0.2) is 4.39 Å². The minimum absolute atomic E-state index is 0.149. The zero-order valence-corrected chi connectivity index (χ0v) is 13.0. The Morgan fingerprint density at radius 3 is 2.50 bits per heavy atom. The van der Waals surface area contributed by atoms with Crippen LogP contribution in [0.3, 0.4) is 0 Å². The van der Waals surface area contributed by atoms with Gasteiger partial charge in [-0.2, -0.15) is 0 Å². The molecule has 1 atom stereocenters. The summed E-state index contributed by atoms with van der Waals surface area (Å²) in [6.07, 6.45) is 1.02. The van der Waals surface area contributed by atoms with Crippen LogP contribution in [0.15, 0.2) is 18.2 Å². The molecule has 4 heteroatoms. The molecule has 0 fully saturated rings. The van der Waals surface area contributed by atoms with Crippen molar-refractivity contribution in [3.63, 3.8) is 0 Å². The molecule has 0 heterocycles. The van der Waals surface area contributed by atoms with Gasteiger partial charge in [-0.1, -0.05) is 13.8 Å². The van der Waals surface area contributed by atoms with Crippen LogP contribution in [0, 0.1) is 18.7 Å². The van der Waals surface area contributed by atoms with Gasteiger partial charge in [0.05, 0.1) is 0 Å². The van der Waals surface area contributed by atoms with E-state index in [1.807, 2.05) is 14.1 Å². The predicted octanol–water partition coefficient (Wildman–Crippen LogP) is 2.84. The summed E-state index contributed by atoms with van der Waals surface area (Å²) in [5, 5.41) is 2.93. The molecule has 3 nitrogen and oxygen atoms in total. The molecule has 1 amide bonds. The fourth-order valence-corrected chi connectivity index (χ4v) is 2.12. The Labute approximate surface area is 121 Å². The number of hydrogen-bond donors (Lipinski definition) is 1. The second kappa shape index (κ2) is 7.39. The number of benzene rings is 1. The smallest absolute Gasteiger partial charge is 0.251 e. The second-order valence-electron chi connectivity index (χ2n) is 5.92. The first-order valence-corrected chi connectivity index (χ1v) is 7.02. The van der Waals surface area contributed by atoms with Crippen LogP contribution in [-0.2, 0) is 0 Å². The maximum absolute atomic E-state index is 13.2. The van der Waals surface area contributed by atoms with Crippen LogP contribution in [0.4, 0.5) is 4.39 Å². The zero-order valence-electron chi connectivity index (χ0n) is 13.0. The normalized spacial score (nSPS) is 12.8. The molecule has 0 aromatic heterocycles. The fraction of sp³-hybridized carbons (Fsp3) is 0.562. The minimum atomic E-state index is -0.285. The molecule has 1 unspecified atom stereocenters. The van der Waals surface area contributed by atoms with E-state index in [1.165, 1.54) is 12.1 Å². The van der Waals surface area contributed by atoms with E-state index >= 15 is 0 Å². The topological polar surface area (TPSA) is 32.3 Å². The van der Waals surface area contributed by atoms with Gasteiger partial charge in [0.15, 0.2) is 0 Å². The maximum Gasteiger partial charge on any atom is 0.251 e. The molecule has 1 rings (SSSR count). The molecule has 1 N–H and O–H groups in total. The van der Waals surface area contributed by atoms with E-state index in [-0.39, 0.29) is 11.7 Å². The summed E-state index contributed by atoms with van der Waals surface area (Å²) in [7, 11) is 4.03. The lowest BCUT2D eigenvalue weighted by Crippen LogP contribution is -2.41. The van der Waals surface area contributed by atoms with Crippen LogP contribution in [0.5, 0.6) is 0 Å². The Bertz CT molecular complexity index is 458. The average Bonchev–Trinajstić information content (AvgIpc) is 2.36. The summed E-state index contributed by atoms with van der Waals surface area (Å²) in [5.74, 6) is 0.142. The third kappa shape index (κ3) is 4.93. The molecular weight excluding hydrogens is 255 g/mol. The van der Waals surface area contributed by atoms with E-state index in [0.717, 1.165) is 6.42 Å². The number of rotatable bonds is 6. The van der Waals surface area contributed by atoms with Gasteiger partial charge >= 0.3 is 0 Å². The Morgan fingerprint density at radius 1 is 1.35 bits per heavy atom. The van der Waals surface area contributed by atoms with Crippen molar-refractivity contribution in [1.29, 1.82) is 0 Å². The van der Waals surface area contributed by atoms with Gasteiger partial charge in [-0.3, -0.25) is 4.79 Å². The number of nitrogens with one attached hydrogen (secondary N) is 1. The van der Waals surface area contributed by atoms with Crippen molar-refractivity contribution >= 4 is 5.91 Å². The van der Waals surface area contributed by atoms with Crippen LogP contribution in [0.25, 0.3) is 0 Å². The molecule has 0 spiro atoms. The van der Waals surface area contributed by atoms with E-state index in [9.17, 15) is 9.18 Å². The number of aryl methyl sites for hydroxylation is 1. The molecule has 0 saturated carbocycles. The van der Waals surface area contributed by atoms with Crippen molar-refractivity contribution < 1.29 is 9.18 Å². The highest BCUT2D eigenvalue weighted by Gasteiger charge is 2.15. The van der Waals surface area contributed by atoms with Gasteiger partial charge in [0.25, 0.3) is 5.91 Å². The van der Waals surface area contributed by atoms with Crippen molar-refractivity contribution in [3.8, 4) is 0 Å². The van der Waals surface area contributed by atoms with Gasteiger partial charge in [-0.05, 0) is 57.1 Å². The van der Waals surface area contributed by atoms with Crippen LogP contribution < -0.4 is 5.32 Å². The van der Waals surface area contributed by atoms with Crippen molar-refractivity contribution in [2.75, 3.05) is 20.6 Å². The zero-order chi connectivity index (χ0) is 15.3. The lowest BCUT2D eigenvalue weighted by Gasteiger charge is -2.26. The average molecular weight is 280 g/mol.